The first-order chi connectivity index (χ1) is 10.0. The van der Waals surface area contributed by atoms with E-state index in [0.29, 0.717) is 6.42 Å². The van der Waals surface area contributed by atoms with Gasteiger partial charge in [0.25, 0.3) is 0 Å². The number of carboxylic acid groups (broad SMARTS) is 1. The molecular formula is C16H28N2O3. The minimum Gasteiger partial charge on any atom is -0.480 e. The largest absolute Gasteiger partial charge is 0.480 e. The first kappa shape index (κ1) is 16.3. The van der Waals surface area contributed by atoms with Crippen LogP contribution in [-0.4, -0.2) is 58.0 Å². The van der Waals surface area contributed by atoms with Crippen molar-refractivity contribution in [3.8, 4) is 0 Å². The quantitative estimate of drug-likeness (QED) is 0.866. The van der Waals surface area contributed by atoms with E-state index >= 15 is 0 Å². The highest BCUT2D eigenvalue weighted by Crippen LogP contribution is 2.24. The van der Waals surface area contributed by atoms with Crippen LogP contribution in [0.2, 0.25) is 0 Å². The molecule has 1 amide bonds. The standard InChI is InChI=1S/C16H28N2O3/c1-12-7-6-8-13(2)18(12)15(19)11-17-10-5-3-4-9-14(17)16(20)21/h12-14H,3-11H2,1-2H3,(H,20,21). The van der Waals surface area contributed by atoms with Gasteiger partial charge in [-0.05, 0) is 52.5 Å². The van der Waals surface area contributed by atoms with Crippen molar-refractivity contribution in [1.29, 1.82) is 0 Å². The van der Waals surface area contributed by atoms with E-state index < -0.39 is 12.0 Å². The molecule has 0 aromatic rings. The van der Waals surface area contributed by atoms with Crippen molar-refractivity contribution in [2.45, 2.75) is 76.9 Å². The minimum absolute atomic E-state index is 0.0999. The van der Waals surface area contributed by atoms with Crippen molar-refractivity contribution in [2.24, 2.45) is 0 Å². The molecule has 2 saturated heterocycles. The molecular weight excluding hydrogens is 268 g/mol. The normalized spacial score (nSPS) is 31.7. The van der Waals surface area contributed by atoms with Gasteiger partial charge in [0.05, 0.1) is 6.54 Å². The van der Waals surface area contributed by atoms with Crippen LogP contribution in [0.1, 0.15) is 58.8 Å². The lowest BCUT2D eigenvalue weighted by molar-refractivity contribution is -0.146. The maximum atomic E-state index is 12.7. The molecule has 21 heavy (non-hydrogen) atoms. The summed E-state index contributed by atoms with van der Waals surface area (Å²) in [6.45, 7) is 5.18. The summed E-state index contributed by atoms with van der Waals surface area (Å²) in [7, 11) is 0. The molecule has 3 unspecified atom stereocenters. The minimum atomic E-state index is -0.788. The number of carbonyl (C=O) groups excluding carboxylic acids is 1. The average Bonchev–Trinajstić information content (AvgIpc) is 2.64. The molecule has 5 heteroatoms. The van der Waals surface area contributed by atoms with Gasteiger partial charge in [0, 0.05) is 12.1 Å². The molecule has 0 radical (unpaired) electrons. The van der Waals surface area contributed by atoms with E-state index in [0.717, 1.165) is 38.6 Å². The summed E-state index contributed by atoms with van der Waals surface area (Å²) in [6.07, 6.45) is 6.93. The number of piperidine rings is 1. The number of nitrogens with zero attached hydrogens (tertiary/aromatic N) is 2. The zero-order valence-corrected chi connectivity index (χ0v) is 13.3. The predicted molar refractivity (Wildman–Crippen MR) is 81.1 cm³/mol. The Morgan fingerprint density at radius 1 is 1.00 bits per heavy atom. The second-order valence-electron chi connectivity index (χ2n) is 6.60. The molecule has 5 nitrogen and oxygen atoms in total. The van der Waals surface area contributed by atoms with Crippen LogP contribution in [0.5, 0.6) is 0 Å². The Labute approximate surface area is 127 Å². The highest BCUT2D eigenvalue weighted by Gasteiger charge is 2.33. The Morgan fingerprint density at radius 2 is 1.67 bits per heavy atom. The van der Waals surface area contributed by atoms with E-state index in [4.69, 9.17) is 0 Å². The van der Waals surface area contributed by atoms with Gasteiger partial charge < -0.3 is 10.0 Å². The third-order valence-corrected chi connectivity index (χ3v) is 4.97. The van der Waals surface area contributed by atoms with Crippen LogP contribution >= 0.6 is 0 Å². The average molecular weight is 296 g/mol. The monoisotopic (exact) mass is 296 g/mol. The van der Waals surface area contributed by atoms with Gasteiger partial charge in [-0.1, -0.05) is 12.8 Å². The number of likely N-dealkylation sites (tertiary alicyclic amines) is 2. The van der Waals surface area contributed by atoms with Crippen LogP contribution in [0.3, 0.4) is 0 Å². The van der Waals surface area contributed by atoms with E-state index in [1.54, 1.807) is 0 Å². The Morgan fingerprint density at radius 3 is 2.29 bits per heavy atom. The van der Waals surface area contributed by atoms with Gasteiger partial charge in [-0.15, -0.1) is 0 Å². The Balaban J connectivity index is 2.03. The van der Waals surface area contributed by atoms with Crippen molar-refractivity contribution in [1.82, 2.24) is 9.80 Å². The van der Waals surface area contributed by atoms with Crippen LogP contribution < -0.4 is 0 Å². The third-order valence-electron chi connectivity index (χ3n) is 4.97. The lowest BCUT2D eigenvalue weighted by Crippen LogP contribution is -2.53. The number of aliphatic carboxylic acids is 1. The number of carboxylic acids is 1. The van der Waals surface area contributed by atoms with Crippen LogP contribution in [0.4, 0.5) is 0 Å². The molecule has 0 saturated carbocycles. The fraction of sp³-hybridized carbons (Fsp3) is 0.875. The lowest BCUT2D eigenvalue weighted by atomic mass is 9.97. The van der Waals surface area contributed by atoms with Crippen LogP contribution in [0.25, 0.3) is 0 Å². The molecule has 0 aliphatic carbocycles. The summed E-state index contributed by atoms with van der Waals surface area (Å²) in [5.74, 6) is -0.688. The molecule has 0 aromatic carbocycles. The number of amides is 1. The smallest absolute Gasteiger partial charge is 0.320 e. The van der Waals surface area contributed by atoms with E-state index in [-0.39, 0.29) is 24.5 Å². The van der Waals surface area contributed by atoms with Gasteiger partial charge >= 0.3 is 5.97 Å². The van der Waals surface area contributed by atoms with Gasteiger partial charge in [0.2, 0.25) is 5.91 Å². The number of carbonyl (C=O) groups is 2. The highest BCUT2D eigenvalue weighted by atomic mass is 16.4. The fourth-order valence-corrected chi connectivity index (χ4v) is 3.80. The van der Waals surface area contributed by atoms with Gasteiger partial charge in [0.15, 0.2) is 0 Å². The molecule has 2 rings (SSSR count). The zero-order valence-electron chi connectivity index (χ0n) is 13.3. The van der Waals surface area contributed by atoms with Gasteiger partial charge in [-0.2, -0.15) is 0 Å². The fourth-order valence-electron chi connectivity index (χ4n) is 3.80. The maximum Gasteiger partial charge on any atom is 0.320 e. The molecule has 2 fully saturated rings. The molecule has 0 bridgehead atoms. The second-order valence-corrected chi connectivity index (χ2v) is 6.60. The predicted octanol–water partition coefficient (Wildman–Crippen LogP) is 2.11. The SMILES string of the molecule is CC1CCCC(C)N1C(=O)CN1CCCCCC1C(=O)O. The van der Waals surface area contributed by atoms with E-state index in [2.05, 4.69) is 13.8 Å². The summed E-state index contributed by atoms with van der Waals surface area (Å²) in [5.41, 5.74) is 0. The third kappa shape index (κ3) is 3.96. The Hall–Kier alpha value is -1.10. The molecule has 0 aromatic heterocycles. The first-order valence-electron chi connectivity index (χ1n) is 8.28. The van der Waals surface area contributed by atoms with E-state index in [1.165, 1.54) is 6.42 Å². The number of hydrogen-bond donors (Lipinski definition) is 1. The summed E-state index contributed by atoms with van der Waals surface area (Å²) < 4.78 is 0. The summed E-state index contributed by atoms with van der Waals surface area (Å²) in [6, 6.07) is 0.0554. The molecule has 2 aliphatic rings. The summed E-state index contributed by atoms with van der Waals surface area (Å²) in [5, 5.41) is 9.39. The lowest BCUT2D eigenvalue weighted by Gasteiger charge is -2.40. The van der Waals surface area contributed by atoms with Crippen LogP contribution in [0, 0.1) is 0 Å². The Bertz CT molecular complexity index is 376. The molecule has 2 aliphatic heterocycles. The molecule has 120 valence electrons. The highest BCUT2D eigenvalue weighted by molar-refractivity contribution is 5.80. The van der Waals surface area contributed by atoms with E-state index in [9.17, 15) is 14.7 Å². The molecule has 1 N–H and O–H groups in total. The van der Waals surface area contributed by atoms with E-state index in [1.807, 2.05) is 9.80 Å². The Kier molecular flexibility index (Phi) is 5.62. The van der Waals surface area contributed by atoms with Crippen LogP contribution in [0.15, 0.2) is 0 Å². The van der Waals surface area contributed by atoms with Gasteiger partial charge in [0.1, 0.15) is 6.04 Å². The van der Waals surface area contributed by atoms with Crippen molar-refractivity contribution in [3.05, 3.63) is 0 Å². The van der Waals surface area contributed by atoms with Gasteiger partial charge in [-0.25, -0.2) is 0 Å². The zero-order chi connectivity index (χ0) is 15.4. The molecule has 3 atom stereocenters. The molecule has 2 heterocycles. The maximum absolute atomic E-state index is 12.7. The summed E-state index contributed by atoms with van der Waals surface area (Å²) in [4.78, 5) is 28.0. The number of rotatable bonds is 3. The first-order valence-corrected chi connectivity index (χ1v) is 8.28. The van der Waals surface area contributed by atoms with Crippen molar-refractivity contribution in [3.63, 3.8) is 0 Å². The van der Waals surface area contributed by atoms with Crippen molar-refractivity contribution in [2.75, 3.05) is 13.1 Å². The second kappa shape index (κ2) is 7.25. The molecule has 0 spiro atoms. The topological polar surface area (TPSA) is 60.9 Å². The number of hydrogen-bond acceptors (Lipinski definition) is 3. The van der Waals surface area contributed by atoms with Crippen molar-refractivity contribution >= 4 is 11.9 Å². The van der Waals surface area contributed by atoms with Crippen LogP contribution in [-0.2, 0) is 9.59 Å². The van der Waals surface area contributed by atoms with Gasteiger partial charge in [-0.3, -0.25) is 14.5 Å². The van der Waals surface area contributed by atoms with Crippen molar-refractivity contribution < 1.29 is 14.7 Å². The summed E-state index contributed by atoms with van der Waals surface area (Å²) >= 11 is 0.